The molecule has 0 saturated carbocycles. The van der Waals surface area contributed by atoms with Crippen molar-refractivity contribution in [2.45, 2.75) is 43.7 Å². The van der Waals surface area contributed by atoms with Crippen molar-refractivity contribution < 1.29 is 8.42 Å². The molecule has 1 saturated heterocycles. The second kappa shape index (κ2) is 5.35. The standard InChI is InChI=1S/C15H20N2O2S2/c1-10-9-12(16)7-8-17(10)21(18,19)15-11(2)20-14-6-4-3-5-13(14)15/h3-6,10,12H,7-9,16H2,1-2H3/t10-,12+/m0/s1. The summed E-state index contributed by atoms with van der Waals surface area (Å²) in [6.07, 6.45) is 1.45. The van der Waals surface area contributed by atoms with Gasteiger partial charge in [0.1, 0.15) is 4.90 Å². The molecule has 0 radical (unpaired) electrons. The smallest absolute Gasteiger partial charge is 0.245 e. The Hall–Kier alpha value is -0.950. The van der Waals surface area contributed by atoms with Gasteiger partial charge in [-0.25, -0.2) is 8.42 Å². The highest BCUT2D eigenvalue weighted by molar-refractivity contribution is 7.89. The lowest BCUT2D eigenvalue weighted by atomic mass is 10.0. The van der Waals surface area contributed by atoms with Gasteiger partial charge in [0.25, 0.3) is 0 Å². The van der Waals surface area contributed by atoms with Crippen LogP contribution in [0.3, 0.4) is 0 Å². The molecule has 1 aromatic heterocycles. The molecule has 0 aliphatic carbocycles. The number of hydrogen-bond donors (Lipinski definition) is 1. The van der Waals surface area contributed by atoms with Crippen molar-refractivity contribution in [3.05, 3.63) is 29.1 Å². The Morgan fingerprint density at radius 1 is 1.33 bits per heavy atom. The SMILES string of the molecule is Cc1sc2ccccc2c1S(=O)(=O)N1CC[C@@H](N)C[C@@H]1C. The summed E-state index contributed by atoms with van der Waals surface area (Å²) in [6.45, 7) is 4.34. The number of nitrogens with zero attached hydrogens (tertiary/aromatic N) is 1. The van der Waals surface area contributed by atoms with E-state index in [2.05, 4.69) is 0 Å². The Bertz CT molecular complexity index is 767. The Labute approximate surface area is 129 Å². The maximum Gasteiger partial charge on any atom is 0.245 e. The number of nitrogens with two attached hydrogens (primary N) is 1. The molecule has 1 aromatic carbocycles. The average molecular weight is 324 g/mol. The topological polar surface area (TPSA) is 63.4 Å². The van der Waals surface area contributed by atoms with Gasteiger partial charge in [0.2, 0.25) is 10.0 Å². The summed E-state index contributed by atoms with van der Waals surface area (Å²) in [7, 11) is -3.46. The van der Waals surface area contributed by atoms with Crippen molar-refractivity contribution in [3.63, 3.8) is 0 Å². The number of piperidine rings is 1. The molecule has 2 aromatic rings. The Balaban J connectivity index is 2.10. The van der Waals surface area contributed by atoms with E-state index in [0.29, 0.717) is 11.4 Å². The molecule has 1 aliphatic heterocycles. The molecular weight excluding hydrogens is 304 g/mol. The predicted molar refractivity (Wildman–Crippen MR) is 87.1 cm³/mol. The van der Waals surface area contributed by atoms with Crippen molar-refractivity contribution in [1.29, 1.82) is 0 Å². The van der Waals surface area contributed by atoms with Gasteiger partial charge in [0.15, 0.2) is 0 Å². The van der Waals surface area contributed by atoms with Crippen LogP contribution in [0.5, 0.6) is 0 Å². The molecular formula is C15H20N2O2S2. The van der Waals surface area contributed by atoms with Gasteiger partial charge in [-0.2, -0.15) is 4.31 Å². The van der Waals surface area contributed by atoms with E-state index in [0.717, 1.165) is 27.8 Å². The van der Waals surface area contributed by atoms with Crippen LogP contribution in [0.15, 0.2) is 29.2 Å². The number of sulfonamides is 1. The van der Waals surface area contributed by atoms with Gasteiger partial charge in [0, 0.05) is 33.6 Å². The third kappa shape index (κ3) is 2.50. The lowest BCUT2D eigenvalue weighted by Crippen LogP contribution is -2.48. The van der Waals surface area contributed by atoms with Gasteiger partial charge in [0.05, 0.1) is 0 Å². The van der Waals surface area contributed by atoms with Gasteiger partial charge in [-0.15, -0.1) is 11.3 Å². The maximum atomic E-state index is 13.1. The van der Waals surface area contributed by atoms with E-state index in [9.17, 15) is 8.42 Å². The summed E-state index contributed by atoms with van der Waals surface area (Å²) >= 11 is 1.54. The first-order valence-corrected chi connectivity index (χ1v) is 9.42. The van der Waals surface area contributed by atoms with Crippen LogP contribution in [0.4, 0.5) is 0 Å². The van der Waals surface area contributed by atoms with Crippen LogP contribution in [-0.4, -0.2) is 31.4 Å². The Morgan fingerprint density at radius 3 is 2.76 bits per heavy atom. The summed E-state index contributed by atoms with van der Waals surface area (Å²) in [5.74, 6) is 0. The number of benzene rings is 1. The zero-order valence-electron chi connectivity index (χ0n) is 12.2. The molecule has 6 heteroatoms. The summed E-state index contributed by atoms with van der Waals surface area (Å²) in [6, 6.07) is 7.76. The molecule has 21 heavy (non-hydrogen) atoms. The van der Waals surface area contributed by atoms with Crippen LogP contribution < -0.4 is 5.73 Å². The molecule has 4 nitrogen and oxygen atoms in total. The fourth-order valence-electron chi connectivity index (χ4n) is 3.13. The van der Waals surface area contributed by atoms with Crippen molar-refractivity contribution in [2.75, 3.05) is 6.54 Å². The van der Waals surface area contributed by atoms with Gasteiger partial charge in [-0.1, -0.05) is 18.2 Å². The third-order valence-electron chi connectivity index (χ3n) is 4.14. The van der Waals surface area contributed by atoms with Crippen LogP contribution >= 0.6 is 11.3 Å². The average Bonchev–Trinajstić information content (AvgIpc) is 2.74. The minimum absolute atomic E-state index is 0.0446. The van der Waals surface area contributed by atoms with E-state index in [4.69, 9.17) is 5.73 Å². The number of fused-ring (bicyclic) bond motifs is 1. The molecule has 0 bridgehead atoms. The van der Waals surface area contributed by atoms with E-state index in [1.54, 1.807) is 15.6 Å². The molecule has 114 valence electrons. The van der Waals surface area contributed by atoms with Crippen LogP contribution in [0.1, 0.15) is 24.6 Å². The van der Waals surface area contributed by atoms with E-state index >= 15 is 0 Å². The predicted octanol–water partition coefficient (Wildman–Crippen LogP) is 2.71. The molecule has 0 amide bonds. The normalized spacial score (nSPS) is 24.5. The van der Waals surface area contributed by atoms with Crippen molar-refractivity contribution >= 4 is 31.4 Å². The molecule has 3 rings (SSSR count). The van der Waals surface area contributed by atoms with Crippen LogP contribution in [0.2, 0.25) is 0 Å². The lowest BCUT2D eigenvalue weighted by molar-refractivity contribution is 0.247. The van der Waals surface area contributed by atoms with E-state index in [-0.39, 0.29) is 12.1 Å². The highest BCUT2D eigenvalue weighted by atomic mass is 32.2. The first kappa shape index (κ1) is 15.0. The summed E-state index contributed by atoms with van der Waals surface area (Å²) in [5, 5.41) is 0.835. The van der Waals surface area contributed by atoms with Gasteiger partial charge >= 0.3 is 0 Å². The number of hydrogen-bond acceptors (Lipinski definition) is 4. The highest BCUT2D eigenvalue weighted by Crippen LogP contribution is 2.37. The first-order valence-electron chi connectivity index (χ1n) is 7.17. The minimum Gasteiger partial charge on any atom is -0.328 e. The van der Waals surface area contributed by atoms with E-state index in [1.807, 2.05) is 38.1 Å². The van der Waals surface area contributed by atoms with Crippen LogP contribution in [0.25, 0.3) is 10.1 Å². The quantitative estimate of drug-likeness (QED) is 0.924. The fourth-order valence-corrected chi connectivity index (χ4v) is 6.55. The number of thiophene rings is 1. The van der Waals surface area contributed by atoms with E-state index in [1.165, 1.54) is 0 Å². The molecule has 0 unspecified atom stereocenters. The number of aryl methyl sites for hydroxylation is 1. The van der Waals surface area contributed by atoms with E-state index < -0.39 is 10.0 Å². The zero-order chi connectivity index (χ0) is 15.2. The summed E-state index contributed by atoms with van der Waals surface area (Å²) in [5.41, 5.74) is 5.95. The molecule has 1 fully saturated rings. The second-order valence-corrected chi connectivity index (χ2v) is 8.82. The van der Waals surface area contributed by atoms with Crippen molar-refractivity contribution in [3.8, 4) is 0 Å². The van der Waals surface area contributed by atoms with Gasteiger partial charge < -0.3 is 5.73 Å². The Kier molecular flexibility index (Phi) is 3.81. The molecule has 1 aliphatic rings. The zero-order valence-corrected chi connectivity index (χ0v) is 13.9. The summed E-state index contributed by atoms with van der Waals surface area (Å²) < 4.78 is 28.8. The highest BCUT2D eigenvalue weighted by Gasteiger charge is 2.35. The monoisotopic (exact) mass is 324 g/mol. The maximum absolute atomic E-state index is 13.1. The molecule has 2 heterocycles. The molecule has 2 atom stereocenters. The summed E-state index contributed by atoms with van der Waals surface area (Å²) in [4.78, 5) is 1.34. The second-order valence-electron chi connectivity index (χ2n) is 5.73. The molecule has 0 spiro atoms. The Morgan fingerprint density at radius 2 is 2.05 bits per heavy atom. The van der Waals surface area contributed by atoms with Crippen molar-refractivity contribution in [2.24, 2.45) is 5.73 Å². The minimum atomic E-state index is -3.46. The van der Waals surface area contributed by atoms with Crippen molar-refractivity contribution in [1.82, 2.24) is 4.31 Å². The van der Waals surface area contributed by atoms with Crippen LogP contribution in [-0.2, 0) is 10.0 Å². The molecule has 2 N–H and O–H groups in total. The lowest BCUT2D eigenvalue weighted by Gasteiger charge is -2.35. The van der Waals surface area contributed by atoms with Gasteiger partial charge in [-0.3, -0.25) is 0 Å². The number of rotatable bonds is 2. The third-order valence-corrected chi connectivity index (χ3v) is 7.55. The first-order chi connectivity index (χ1) is 9.91. The largest absolute Gasteiger partial charge is 0.328 e. The van der Waals surface area contributed by atoms with Gasteiger partial charge in [-0.05, 0) is 32.8 Å². The van der Waals surface area contributed by atoms with Crippen LogP contribution in [0, 0.1) is 6.92 Å². The fraction of sp³-hybridized carbons (Fsp3) is 0.467.